The van der Waals surface area contributed by atoms with E-state index in [1.54, 1.807) is 0 Å². The lowest BCUT2D eigenvalue weighted by Crippen LogP contribution is -2.58. The fraction of sp³-hybridized carbons (Fsp3) is 0.769. The quantitative estimate of drug-likeness (QED) is 0.333. The van der Waals surface area contributed by atoms with Crippen molar-refractivity contribution in [1.29, 1.82) is 0 Å². The summed E-state index contributed by atoms with van der Waals surface area (Å²) in [6.07, 6.45) is -5.18. The summed E-state index contributed by atoms with van der Waals surface area (Å²) in [6, 6.07) is -1.98. The summed E-state index contributed by atoms with van der Waals surface area (Å²) in [6.45, 7) is -0.741. The van der Waals surface area contributed by atoms with E-state index in [2.05, 4.69) is 0 Å². The molecule has 2 aliphatic heterocycles. The van der Waals surface area contributed by atoms with Gasteiger partial charge < -0.3 is 30.9 Å². The molecule has 2 heterocycles. The Morgan fingerprint density at radius 1 is 1.33 bits per heavy atom. The van der Waals surface area contributed by atoms with Crippen LogP contribution in [0.1, 0.15) is 12.8 Å². The number of nitrogens with two attached hydrogens (primary N) is 1. The predicted octanol–water partition coefficient (Wildman–Crippen LogP) is -3.12. The number of hydrogen-bond acceptors (Lipinski definition) is 8. The number of aliphatic carboxylic acids is 1. The van der Waals surface area contributed by atoms with Gasteiger partial charge in [-0.15, -0.1) is 0 Å². The minimum absolute atomic E-state index is 0.0221. The second-order valence-electron chi connectivity index (χ2n) is 5.73. The molecule has 5 atom stereocenters. The molecule has 136 valence electrons. The average molecular weight is 347 g/mol. The number of carbonyl (C=O) groups is 3. The number of aliphatic hydroxyl groups is 3. The van der Waals surface area contributed by atoms with Gasteiger partial charge in [-0.2, -0.15) is 0 Å². The van der Waals surface area contributed by atoms with Gasteiger partial charge in [0.25, 0.3) is 0 Å². The first-order chi connectivity index (χ1) is 11.3. The van der Waals surface area contributed by atoms with E-state index in [4.69, 9.17) is 20.7 Å². The topological polar surface area (TPSA) is 174 Å². The number of urea groups is 1. The molecule has 0 aromatic carbocycles. The molecule has 11 heteroatoms. The van der Waals surface area contributed by atoms with Crippen molar-refractivity contribution in [2.75, 3.05) is 19.7 Å². The van der Waals surface area contributed by atoms with Crippen LogP contribution in [-0.4, -0.2) is 98.4 Å². The van der Waals surface area contributed by atoms with Gasteiger partial charge in [-0.1, -0.05) is 0 Å². The van der Waals surface area contributed by atoms with Crippen LogP contribution in [0.2, 0.25) is 0 Å². The SMILES string of the molecule is NC(CCN1C(=O)CCN([C@@H]2O[C@H](CO)[C@@H](O)[C@H]2O)C1=O)C(=O)O. The second-order valence-corrected chi connectivity index (χ2v) is 5.73. The Morgan fingerprint density at radius 2 is 2.00 bits per heavy atom. The fourth-order valence-corrected chi connectivity index (χ4v) is 2.69. The van der Waals surface area contributed by atoms with Crippen LogP contribution in [0.25, 0.3) is 0 Å². The largest absolute Gasteiger partial charge is 0.480 e. The molecule has 6 N–H and O–H groups in total. The van der Waals surface area contributed by atoms with Crippen LogP contribution in [0.3, 0.4) is 0 Å². The van der Waals surface area contributed by atoms with Gasteiger partial charge in [0.2, 0.25) is 5.91 Å². The van der Waals surface area contributed by atoms with Crippen molar-refractivity contribution in [2.24, 2.45) is 5.73 Å². The van der Waals surface area contributed by atoms with E-state index in [0.717, 1.165) is 9.80 Å². The normalized spacial score (nSPS) is 32.3. The van der Waals surface area contributed by atoms with Gasteiger partial charge in [0.1, 0.15) is 24.4 Å². The van der Waals surface area contributed by atoms with Gasteiger partial charge in [0, 0.05) is 19.5 Å². The Bertz CT molecular complexity index is 515. The highest BCUT2D eigenvalue weighted by atomic mass is 16.6. The van der Waals surface area contributed by atoms with E-state index < -0.39 is 55.1 Å². The number of hydrogen-bond donors (Lipinski definition) is 5. The molecular weight excluding hydrogens is 326 g/mol. The monoisotopic (exact) mass is 347 g/mol. The molecule has 11 nitrogen and oxygen atoms in total. The Balaban J connectivity index is 2.06. The lowest BCUT2D eigenvalue weighted by molar-refractivity contribution is -0.141. The Hall–Kier alpha value is -1.79. The van der Waals surface area contributed by atoms with Gasteiger partial charge in [0.15, 0.2) is 6.23 Å². The van der Waals surface area contributed by atoms with E-state index in [0.29, 0.717) is 0 Å². The Kier molecular flexibility index (Phi) is 5.72. The summed E-state index contributed by atoms with van der Waals surface area (Å²) in [5.74, 6) is -1.73. The molecule has 2 saturated heterocycles. The zero-order valence-electron chi connectivity index (χ0n) is 12.8. The molecule has 0 saturated carbocycles. The van der Waals surface area contributed by atoms with Crippen molar-refractivity contribution >= 4 is 17.9 Å². The lowest BCUT2D eigenvalue weighted by Gasteiger charge is -2.38. The third-order valence-electron chi connectivity index (χ3n) is 4.15. The number of carboxylic acids is 1. The van der Waals surface area contributed by atoms with Crippen molar-refractivity contribution < 1.29 is 39.5 Å². The van der Waals surface area contributed by atoms with Crippen LogP contribution in [0.5, 0.6) is 0 Å². The molecule has 0 aromatic rings. The Labute approximate surface area is 137 Å². The van der Waals surface area contributed by atoms with Crippen LogP contribution in [0.15, 0.2) is 0 Å². The summed E-state index contributed by atoms with van der Waals surface area (Å²) >= 11 is 0. The van der Waals surface area contributed by atoms with Gasteiger partial charge >= 0.3 is 12.0 Å². The van der Waals surface area contributed by atoms with Gasteiger partial charge in [0.05, 0.1) is 6.61 Å². The van der Waals surface area contributed by atoms with Crippen molar-refractivity contribution in [3.63, 3.8) is 0 Å². The molecule has 0 radical (unpaired) electrons. The first-order valence-corrected chi connectivity index (χ1v) is 7.49. The van der Waals surface area contributed by atoms with Crippen molar-refractivity contribution in [3.8, 4) is 0 Å². The first-order valence-electron chi connectivity index (χ1n) is 7.49. The van der Waals surface area contributed by atoms with Crippen LogP contribution < -0.4 is 5.73 Å². The number of carboxylic acid groups (broad SMARTS) is 1. The third-order valence-corrected chi connectivity index (χ3v) is 4.15. The molecular formula is C13H21N3O8. The van der Waals surface area contributed by atoms with Crippen LogP contribution in [0, 0.1) is 0 Å². The summed E-state index contributed by atoms with van der Waals surface area (Å²) in [4.78, 5) is 37.0. The van der Waals surface area contributed by atoms with Crippen LogP contribution >= 0.6 is 0 Å². The highest BCUT2D eigenvalue weighted by Crippen LogP contribution is 2.27. The molecule has 2 aliphatic rings. The summed E-state index contributed by atoms with van der Waals surface area (Å²) in [5, 5.41) is 37.6. The van der Waals surface area contributed by atoms with E-state index in [1.807, 2.05) is 0 Å². The number of carbonyl (C=O) groups excluding carboxylic acids is 2. The molecule has 3 amide bonds. The van der Waals surface area contributed by atoms with E-state index in [1.165, 1.54) is 0 Å². The molecule has 0 aliphatic carbocycles. The van der Waals surface area contributed by atoms with Crippen LogP contribution in [0.4, 0.5) is 4.79 Å². The van der Waals surface area contributed by atoms with E-state index in [9.17, 15) is 24.6 Å². The maximum absolute atomic E-state index is 12.5. The molecule has 24 heavy (non-hydrogen) atoms. The second kappa shape index (κ2) is 7.40. The molecule has 2 fully saturated rings. The Morgan fingerprint density at radius 3 is 2.54 bits per heavy atom. The number of nitrogens with zero attached hydrogens (tertiary/aromatic N) is 2. The average Bonchev–Trinajstić information content (AvgIpc) is 2.82. The smallest absolute Gasteiger partial charge is 0.328 e. The number of amides is 3. The number of rotatable bonds is 6. The summed E-state index contributed by atoms with van der Waals surface area (Å²) < 4.78 is 5.29. The van der Waals surface area contributed by atoms with Crippen LogP contribution in [-0.2, 0) is 14.3 Å². The molecule has 2 rings (SSSR count). The van der Waals surface area contributed by atoms with Gasteiger partial charge in [-0.05, 0) is 6.42 Å². The molecule has 0 bridgehead atoms. The number of aliphatic hydroxyl groups excluding tert-OH is 3. The highest BCUT2D eigenvalue weighted by Gasteiger charge is 2.49. The lowest BCUT2D eigenvalue weighted by atomic mass is 10.1. The van der Waals surface area contributed by atoms with Gasteiger partial charge in [-0.3, -0.25) is 19.4 Å². The van der Waals surface area contributed by atoms with Crippen molar-refractivity contribution in [1.82, 2.24) is 9.80 Å². The first kappa shape index (κ1) is 18.5. The van der Waals surface area contributed by atoms with E-state index >= 15 is 0 Å². The van der Waals surface area contributed by atoms with E-state index in [-0.39, 0.29) is 25.9 Å². The maximum atomic E-state index is 12.5. The standard InChI is InChI=1S/C13H21N3O8/c14-6(12(21)22)1-3-15-8(18)2-4-16(13(15)23)11-10(20)9(19)7(5-17)24-11/h6-7,9-11,17,19-20H,1-5,14H2,(H,21,22)/t6?,7-,9-,10-,11-/m1/s1. The summed E-state index contributed by atoms with van der Waals surface area (Å²) in [5.41, 5.74) is 5.37. The van der Waals surface area contributed by atoms with Crippen molar-refractivity contribution in [3.05, 3.63) is 0 Å². The fourth-order valence-electron chi connectivity index (χ4n) is 2.69. The molecule has 1 unspecified atom stereocenters. The van der Waals surface area contributed by atoms with Crippen molar-refractivity contribution in [2.45, 2.75) is 43.4 Å². The van der Waals surface area contributed by atoms with Gasteiger partial charge in [-0.25, -0.2) is 4.79 Å². The number of ether oxygens (including phenoxy) is 1. The highest BCUT2D eigenvalue weighted by molar-refractivity contribution is 5.97. The summed E-state index contributed by atoms with van der Waals surface area (Å²) in [7, 11) is 0. The molecule has 0 spiro atoms. The zero-order valence-corrected chi connectivity index (χ0v) is 12.8. The predicted molar refractivity (Wildman–Crippen MR) is 76.4 cm³/mol. The minimum Gasteiger partial charge on any atom is -0.480 e. The third kappa shape index (κ3) is 3.49. The minimum atomic E-state index is -1.43. The maximum Gasteiger partial charge on any atom is 0.328 e. The molecule has 0 aromatic heterocycles. The zero-order chi connectivity index (χ0) is 18.0. The number of imide groups is 1.